The lowest BCUT2D eigenvalue weighted by atomic mass is 10.1. The summed E-state index contributed by atoms with van der Waals surface area (Å²) in [5.74, 6) is 1.38. The highest BCUT2D eigenvalue weighted by Crippen LogP contribution is 2.22. The molecule has 96 valence electrons. The standard InChI is InChI=1S/C14H16N2O.ClH/c1-10-3-4-13(7-11(10)2)17-14-8-12(9-15)5-6-16-14;/h3-8H,9,15H2,1-2H3;1H. The van der Waals surface area contributed by atoms with Crippen LogP contribution in [-0.2, 0) is 6.54 Å². The van der Waals surface area contributed by atoms with Crippen LogP contribution in [-0.4, -0.2) is 4.98 Å². The Bertz CT molecular complexity index is 529. The minimum Gasteiger partial charge on any atom is -0.439 e. The predicted molar refractivity (Wildman–Crippen MR) is 75.4 cm³/mol. The lowest BCUT2D eigenvalue weighted by molar-refractivity contribution is 0.461. The summed E-state index contributed by atoms with van der Waals surface area (Å²) in [6.07, 6.45) is 1.71. The molecule has 0 spiro atoms. The fourth-order valence-electron chi connectivity index (χ4n) is 1.53. The van der Waals surface area contributed by atoms with E-state index in [1.165, 1.54) is 11.1 Å². The maximum absolute atomic E-state index is 5.69. The lowest BCUT2D eigenvalue weighted by Gasteiger charge is -2.07. The average molecular weight is 265 g/mol. The molecule has 1 aromatic heterocycles. The zero-order chi connectivity index (χ0) is 12.3. The molecule has 0 radical (unpaired) electrons. The molecule has 0 bridgehead atoms. The summed E-state index contributed by atoms with van der Waals surface area (Å²) in [6.45, 7) is 4.63. The van der Waals surface area contributed by atoms with Gasteiger partial charge >= 0.3 is 0 Å². The van der Waals surface area contributed by atoms with E-state index in [1.807, 2.05) is 30.3 Å². The smallest absolute Gasteiger partial charge is 0.219 e. The van der Waals surface area contributed by atoms with E-state index in [0.29, 0.717) is 12.4 Å². The molecule has 2 rings (SSSR count). The van der Waals surface area contributed by atoms with Gasteiger partial charge in [0.05, 0.1) is 0 Å². The van der Waals surface area contributed by atoms with Crippen molar-refractivity contribution in [3.8, 4) is 11.6 Å². The Morgan fingerprint density at radius 1 is 1.11 bits per heavy atom. The van der Waals surface area contributed by atoms with E-state index in [2.05, 4.69) is 18.8 Å². The fraction of sp³-hybridized carbons (Fsp3) is 0.214. The van der Waals surface area contributed by atoms with Crippen molar-refractivity contribution in [1.29, 1.82) is 0 Å². The summed E-state index contributed by atoms with van der Waals surface area (Å²) in [7, 11) is 0. The van der Waals surface area contributed by atoms with Gasteiger partial charge in [-0.25, -0.2) is 4.98 Å². The number of halogens is 1. The van der Waals surface area contributed by atoms with Gasteiger partial charge in [-0.05, 0) is 48.7 Å². The number of aromatic nitrogens is 1. The van der Waals surface area contributed by atoms with Crippen molar-refractivity contribution in [2.45, 2.75) is 20.4 Å². The highest BCUT2D eigenvalue weighted by Gasteiger charge is 2.01. The van der Waals surface area contributed by atoms with Crippen LogP contribution in [0.25, 0.3) is 0 Å². The van der Waals surface area contributed by atoms with E-state index in [-0.39, 0.29) is 12.4 Å². The van der Waals surface area contributed by atoms with Gasteiger partial charge < -0.3 is 10.5 Å². The zero-order valence-electron chi connectivity index (χ0n) is 10.5. The van der Waals surface area contributed by atoms with Crippen LogP contribution < -0.4 is 10.5 Å². The highest BCUT2D eigenvalue weighted by molar-refractivity contribution is 5.85. The molecule has 2 N–H and O–H groups in total. The first-order chi connectivity index (χ1) is 8.19. The Labute approximate surface area is 113 Å². The van der Waals surface area contributed by atoms with E-state index < -0.39 is 0 Å². The topological polar surface area (TPSA) is 48.1 Å². The molecule has 0 fully saturated rings. The first-order valence-electron chi connectivity index (χ1n) is 5.59. The van der Waals surface area contributed by atoms with Crippen LogP contribution in [0.3, 0.4) is 0 Å². The second-order valence-electron chi connectivity index (χ2n) is 4.05. The molecule has 3 nitrogen and oxygen atoms in total. The SMILES string of the molecule is Cc1ccc(Oc2cc(CN)ccn2)cc1C.Cl. The van der Waals surface area contributed by atoms with Crippen LogP contribution in [0.15, 0.2) is 36.5 Å². The van der Waals surface area contributed by atoms with Crippen LogP contribution >= 0.6 is 12.4 Å². The van der Waals surface area contributed by atoms with Crippen LogP contribution in [0.2, 0.25) is 0 Å². The van der Waals surface area contributed by atoms with Gasteiger partial charge in [0.2, 0.25) is 5.88 Å². The molecule has 4 heteroatoms. The van der Waals surface area contributed by atoms with E-state index >= 15 is 0 Å². The second kappa shape index (κ2) is 6.38. The van der Waals surface area contributed by atoms with Gasteiger partial charge in [0, 0.05) is 18.8 Å². The van der Waals surface area contributed by atoms with Gasteiger partial charge in [-0.15, -0.1) is 12.4 Å². The number of benzene rings is 1. The summed E-state index contributed by atoms with van der Waals surface area (Å²) in [6, 6.07) is 9.73. The number of hydrogen-bond donors (Lipinski definition) is 1. The molecular formula is C14H17ClN2O. The molecule has 1 heterocycles. The third-order valence-corrected chi connectivity index (χ3v) is 2.74. The van der Waals surface area contributed by atoms with Crippen molar-refractivity contribution < 1.29 is 4.74 Å². The maximum atomic E-state index is 5.69. The number of nitrogens with two attached hydrogens (primary N) is 1. The molecular weight excluding hydrogens is 248 g/mol. The highest BCUT2D eigenvalue weighted by atomic mass is 35.5. The van der Waals surface area contributed by atoms with Crippen molar-refractivity contribution in [2.75, 3.05) is 0 Å². The largest absolute Gasteiger partial charge is 0.439 e. The minimum absolute atomic E-state index is 0. The Balaban J connectivity index is 0.00000162. The average Bonchev–Trinajstić information content (AvgIpc) is 2.34. The molecule has 0 atom stereocenters. The number of ether oxygens (including phenoxy) is 1. The van der Waals surface area contributed by atoms with E-state index in [9.17, 15) is 0 Å². The van der Waals surface area contributed by atoms with Gasteiger partial charge in [0.1, 0.15) is 5.75 Å². The van der Waals surface area contributed by atoms with Crippen LogP contribution in [0.1, 0.15) is 16.7 Å². The first-order valence-corrected chi connectivity index (χ1v) is 5.59. The number of nitrogens with zero attached hydrogens (tertiary/aromatic N) is 1. The molecule has 18 heavy (non-hydrogen) atoms. The number of aryl methyl sites for hydroxylation is 2. The van der Waals surface area contributed by atoms with Gasteiger partial charge in [0.25, 0.3) is 0 Å². The summed E-state index contributed by atoms with van der Waals surface area (Å²) in [4.78, 5) is 4.16. The molecule has 0 aliphatic heterocycles. The maximum Gasteiger partial charge on any atom is 0.219 e. The minimum atomic E-state index is 0. The number of pyridine rings is 1. The monoisotopic (exact) mass is 264 g/mol. The molecule has 2 aromatic rings. The summed E-state index contributed by atoms with van der Waals surface area (Å²) < 4.78 is 5.69. The molecule has 1 aromatic carbocycles. The quantitative estimate of drug-likeness (QED) is 0.925. The fourth-order valence-corrected chi connectivity index (χ4v) is 1.53. The van der Waals surface area contributed by atoms with Crippen molar-refractivity contribution in [3.05, 3.63) is 53.2 Å². The van der Waals surface area contributed by atoms with Crippen molar-refractivity contribution >= 4 is 12.4 Å². The molecule has 0 unspecified atom stereocenters. The van der Waals surface area contributed by atoms with Gasteiger partial charge in [-0.3, -0.25) is 0 Å². The van der Waals surface area contributed by atoms with Crippen molar-refractivity contribution in [1.82, 2.24) is 4.98 Å². The van der Waals surface area contributed by atoms with Crippen LogP contribution in [0.5, 0.6) is 11.6 Å². The molecule has 0 saturated heterocycles. The van der Waals surface area contributed by atoms with E-state index in [1.54, 1.807) is 6.20 Å². The van der Waals surface area contributed by atoms with Gasteiger partial charge in [-0.2, -0.15) is 0 Å². The molecule has 0 aliphatic carbocycles. The first kappa shape index (κ1) is 14.5. The lowest BCUT2D eigenvalue weighted by Crippen LogP contribution is -1.97. The molecule has 0 saturated carbocycles. The zero-order valence-corrected chi connectivity index (χ0v) is 11.3. The summed E-state index contributed by atoms with van der Waals surface area (Å²) >= 11 is 0. The third kappa shape index (κ3) is 3.45. The number of hydrogen-bond acceptors (Lipinski definition) is 3. The summed E-state index contributed by atoms with van der Waals surface area (Å²) in [5, 5.41) is 0. The Morgan fingerprint density at radius 3 is 2.56 bits per heavy atom. The van der Waals surface area contributed by atoms with E-state index in [0.717, 1.165) is 11.3 Å². The predicted octanol–water partition coefficient (Wildman–Crippen LogP) is 3.37. The summed E-state index contributed by atoms with van der Waals surface area (Å²) in [5.41, 5.74) is 9.04. The van der Waals surface area contributed by atoms with Crippen LogP contribution in [0, 0.1) is 13.8 Å². The Morgan fingerprint density at radius 2 is 1.89 bits per heavy atom. The molecule has 0 amide bonds. The van der Waals surface area contributed by atoms with Crippen LogP contribution in [0.4, 0.5) is 0 Å². The van der Waals surface area contributed by atoms with Gasteiger partial charge in [0.15, 0.2) is 0 Å². The third-order valence-electron chi connectivity index (χ3n) is 2.74. The Hall–Kier alpha value is -1.58. The Kier molecular flexibility index (Phi) is 5.13. The van der Waals surface area contributed by atoms with Gasteiger partial charge in [-0.1, -0.05) is 6.07 Å². The van der Waals surface area contributed by atoms with Crippen molar-refractivity contribution in [3.63, 3.8) is 0 Å². The van der Waals surface area contributed by atoms with E-state index in [4.69, 9.17) is 10.5 Å². The second-order valence-corrected chi connectivity index (χ2v) is 4.05. The normalized spacial score (nSPS) is 9.72. The molecule has 0 aliphatic rings. The number of rotatable bonds is 3. The van der Waals surface area contributed by atoms with Crippen molar-refractivity contribution in [2.24, 2.45) is 5.73 Å².